The summed E-state index contributed by atoms with van der Waals surface area (Å²) in [4.78, 5) is 23.4. The third-order valence-electron chi connectivity index (χ3n) is 8.02. The zero-order chi connectivity index (χ0) is 24.0. The molecule has 2 fully saturated rings. The molecule has 1 N–H and O–H groups in total. The third-order valence-corrected chi connectivity index (χ3v) is 8.02. The Labute approximate surface area is 209 Å². The molecular formula is C29H38N4O2. The fourth-order valence-corrected chi connectivity index (χ4v) is 5.48. The molecule has 1 saturated heterocycles. The van der Waals surface area contributed by atoms with Crippen molar-refractivity contribution >= 4 is 11.7 Å². The zero-order valence-corrected chi connectivity index (χ0v) is 20.8. The minimum Gasteiger partial charge on any atom is -0.368 e. The predicted molar refractivity (Wildman–Crippen MR) is 139 cm³/mol. The van der Waals surface area contributed by atoms with E-state index in [0.717, 1.165) is 64.0 Å². The van der Waals surface area contributed by atoms with Crippen LogP contribution in [0.15, 0.2) is 65.8 Å². The van der Waals surface area contributed by atoms with Gasteiger partial charge in [-0.2, -0.15) is 0 Å². The van der Waals surface area contributed by atoms with Crippen LogP contribution >= 0.6 is 0 Å². The number of amidine groups is 1. The number of amides is 1. The lowest BCUT2D eigenvalue weighted by Crippen LogP contribution is -2.45. The van der Waals surface area contributed by atoms with Gasteiger partial charge in [0.2, 0.25) is 12.1 Å². The second-order valence-electron chi connectivity index (χ2n) is 10.3. The minimum atomic E-state index is 0.0368. The molecule has 2 unspecified atom stereocenters. The lowest BCUT2D eigenvalue weighted by atomic mass is 9.84. The number of hydrogen-bond donors (Lipinski definition) is 1. The Hall–Kier alpha value is -2.86. The van der Waals surface area contributed by atoms with Crippen molar-refractivity contribution in [2.75, 3.05) is 26.7 Å². The molecule has 2 aromatic rings. The van der Waals surface area contributed by atoms with Crippen molar-refractivity contribution < 1.29 is 9.63 Å². The van der Waals surface area contributed by atoms with E-state index in [0.29, 0.717) is 5.92 Å². The Morgan fingerprint density at radius 3 is 2.37 bits per heavy atom. The molecule has 0 aromatic heterocycles. The van der Waals surface area contributed by atoms with Crippen molar-refractivity contribution in [1.82, 2.24) is 15.1 Å². The summed E-state index contributed by atoms with van der Waals surface area (Å²) in [5.74, 6) is 1.94. The van der Waals surface area contributed by atoms with Crippen molar-refractivity contribution in [3.63, 3.8) is 0 Å². The van der Waals surface area contributed by atoms with E-state index >= 15 is 0 Å². The summed E-state index contributed by atoms with van der Waals surface area (Å²) >= 11 is 0. The highest BCUT2D eigenvalue weighted by Crippen LogP contribution is 2.30. The molecular weight excluding hydrogens is 436 g/mol. The normalized spacial score (nSPS) is 22.3. The number of nitrogens with one attached hydrogen (secondary N) is 1. The van der Waals surface area contributed by atoms with Crippen LogP contribution in [-0.4, -0.2) is 54.5 Å². The number of hydrogen-bond acceptors (Lipinski definition) is 5. The van der Waals surface area contributed by atoms with Crippen molar-refractivity contribution in [3.05, 3.63) is 71.8 Å². The van der Waals surface area contributed by atoms with Crippen LogP contribution in [0.25, 0.3) is 0 Å². The summed E-state index contributed by atoms with van der Waals surface area (Å²) in [5, 5.41) is 7.77. The van der Waals surface area contributed by atoms with Gasteiger partial charge in [-0.25, -0.2) is 0 Å². The third kappa shape index (κ3) is 5.87. The number of likely N-dealkylation sites (tertiary alicyclic amines) is 1. The predicted octanol–water partition coefficient (Wildman–Crippen LogP) is 4.59. The molecule has 2 heterocycles. The van der Waals surface area contributed by atoms with Crippen LogP contribution in [0.5, 0.6) is 0 Å². The molecule has 6 heteroatoms. The molecule has 186 valence electrons. The fraction of sp³-hybridized carbons (Fsp3) is 0.517. The molecule has 2 aromatic carbocycles. The molecule has 6 nitrogen and oxygen atoms in total. The summed E-state index contributed by atoms with van der Waals surface area (Å²) in [6.45, 7) is 3.11. The average molecular weight is 475 g/mol. The van der Waals surface area contributed by atoms with Crippen molar-refractivity contribution in [2.24, 2.45) is 17.0 Å². The maximum atomic E-state index is 12.7. The van der Waals surface area contributed by atoms with Gasteiger partial charge in [0.1, 0.15) is 0 Å². The van der Waals surface area contributed by atoms with Crippen molar-refractivity contribution in [2.45, 2.75) is 57.2 Å². The van der Waals surface area contributed by atoms with E-state index in [9.17, 15) is 4.79 Å². The number of nitrogens with zero attached hydrogens (tertiary/aromatic N) is 3. The molecule has 5 rings (SSSR count). The Morgan fingerprint density at radius 1 is 1.03 bits per heavy atom. The number of carbonyl (C=O) groups excluding carboxylic acids is 1. The van der Waals surface area contributed by atoms with Gasteiger partial charge in [-0.1, -0.05) is 72.2 Å². The highest BCUT2D eigenvalue weighted by atomic mass is 16.7. The van der Waals surface area contributed by atoms with Crippen molar-refractivity contribution in [1.29, 1.82) is 0 Å². The van der Waals surface area contributed by atoms with E-state index in [1.54, 1.807) is 0 Å². The fourth-order valence-electron chi connectivity index (χ4n) is 5.48. The molecule has 35 heavy (non-hydrogen) atoms. The number of oxime groups is 1. The number of piperidine rings is 1. The summed E-state index contributed by atoms with van der Waals surface area (Å²) in [6.07, 6.45) is 7.25. The van der Waals surface area contributed by atoms with E-state index in [1.165, 1.54) is 17.5 Å². The Balaban J connectivity index is 1.10. The van der Waals surface area contributed by atoms with E-state index in [2.05, 4.69) is 75.9 Å². The molecule has 1 amide bonds. The molecule has 0 radical (unpaired) electrons. The lowest BCUT2D eigenvalue weighted by Gasteiger charge is -2.36. The maximum Gasteiger partial charge on any atom is 0.223 e. The van der Waals surface area contributed by atoms with Crippen LogP contribution in [0, 0.1) is 11.8 Å². The number of rotatable bonds is 9. The SMILES string of the molecule is CN1C(Cc2ccccc2)=NOC1C1CCN(CCC(NC(=O)C2CCC2)c2ccccc2)CC1. The van der Waals surface area contributed by atoms with Crippen LogP contribution in [0.1, 0.15) is 55.7 Å². The van der Waals surface area contributed by atoms with E-state index in [-0.39, 0.29) is 24.1 Å². The molecule has 0 spiro atoms. The van der Waals surface area contributed by atoms with Gasteiger partial charge >= 0.3 is 0 Å². The van der Waals surface area contributed by atoms with Crippen LogP contribution in [0.3, 0.4) is 0 Å². The van der Waals surface area contributed by atoms with E-state index in [1.807, 2.05) is 12.1 Å². The average Bonchev–Trinajstić information content (AvgIpc) is 3.22. The Bertz CT molecular complexity index is 984. The molecule has 3 aliphatic rings. The highest BCUT2D eigenvalue weighted by molar-refractivity contribution is 5.84. The first-order valence-electron chi connectivity index (χ1n) is 13.2. The van der Waals surface area contributed by atoms with Gasteiger partial charge in [-0.3, -0.25) is 4.79 Å². The van der Waals surface area contributed by atoms with E-state index in [4.69, 9.17) is 4.84 Å². The van der Waals surface area contributed by atoms with Gasteiger partial charge in [0, 0.05) is 31.8 Å². The molecule has 1 saturated carbocycles. The standard InChI is InChI=1S/C29H38N4O2/c1-32-27(21-22-9-4-2-5-10-22)31-35-29(32)25-15-18-33(19-16-25)20-17-26(23-11-6-3-7-12-23)30-28(34)24-13-8-14-24/h2-7,9-12,24-26,29H,8,13-21H2,1H3,(H,30,34). The van der Waals surface area contributed by atoms with Gasteiger partial charge in [-0.05, 0) is 56.3 Å². The molecule has 0 bridgehead atoms. The number of carbonyl (C=O) groups is 1. The highest BCUT2D eigenvalue weighted by Gasteiger charge is 2.36. The Morgan fingerprint density at radius 2 is 1.71 bits per heavy atom. The largest absolute Gasteiger partial charge is 0.368 e. The first kappa shape index (κ1) is 23.9. The Kier molecular flexibility index (Phi) is 7.67. The monoisotopic (exact) mass is 474 g/mol. The smallest absolute Gasteiger partial charge is 0.223 e. The summed E-state index contributed by atoms with van der Waals surface area (Å²) in [5.41, 5.74) is 2.47. The van der Waals surface area contributed by atoms with Gasteiger partial charge in [-0.15, -0.1) is 0 Å². The van der Waals surface area contributed by atoms with Crippen molar-refractivity contribution in [3.8, 4) is 0 Å². The summed E-state index contributed by atoms with van der Waals surface area (Å²) < 4.78 is 0. The quantitative estimate of drug-likeness (QED) is 0.578. The summed E-state index contributed by atoms with van der Waals surface area (Å²) in [7, 11) is 2.11. The minimum absolute atomic E-state index is 0.0368. The molecule has 2 aliphatic heterocycles. The van der Waals surface area contributed by atoms with Crippen LogP contribution < -0.4 is 5.32 Å². The number of benzene rings is 2. The van der Waals surface area contributed by atoms with Gasteiger partial charge in [0.25, 0.3) is 0 Å². The van der Waals surface area contributed by atoms with Crippen LogP contribution in [-0.2, 0) is 16.1 Å². The zero-order valence-electron chi connectivity index (χ0n) is 20.8. The van der Waals surface area contributed by atoms with Crippen LogP contribution in [0.2, 0.25) is 0 Å². The van der Waals surface area contributed by atoms with E-state index < -0.39 is 0 Å². The second-order valence-corrected chi connectivity index (χ2v) is 10.3. The summed E-state index contributed by atoms with van der Waals surface area (Å²) in [6, 6.07) is 21.0. The second kappa shape index (κ2) is 11.3. The van der Waals surface area contributed by atoms with Crippen LogP contribution in [0.4, 0.5) is 0 Å². The first-order chi connectivity index (χ1) is 17.2. The van der Waals surface area contributed by atoms with Gasteiger partial charge in [0.05, 0.1) is 6.04 Å². The van der Waals surface area contributed by atoms with Gasteiger partial charge in [0.15, 0.2) is 5.84 Å². The maximum absolute atomic E-state index is 12.7. The molecule has 2 atom stereocenters. The first-order valence-corrected chi connectivity index (χ1v) is 13.2. The lowest BCUT2D eigenvalue weighted by molar-refractivity contribution is -0.128. The molecule has 1 aliphatic carbocycles. The number of likely N-dealkylation sites (N-methyl/N-ethyl adjacent to an activating group) is 1. The van der Waals surface area contributed by atoms with Gasteiger partial charge < -0.3 is 20.0 Å². The topological polar surface area (TPSA) is 57.2 Å².